The Morgan fingerprint density at radius 3 is 1.83 bits per heavy atom. The zero-order valence-electron chi connectivity index (χ0n) is 14.0. The van der Waals surface area contributed by atoms with E-state index >= 15 is 0 Å². The molecule has 0 saturated heterocycles. The number of ether oxygens (including phenoxy) is 4. The molecule has 0 radical (unpaired) electrons. The van der Waals surface area contributed by atoms with Crippen molar-refractivity contribution >= 4 is 5.78 Å². The van der Waals surface area contributed by atoms with E-state index in [1.165, 1.54) is 34.5 Å². The molecular weight excluding hydrogens is 312 g/mol. The number of Topliss-reactive ketones (excluding diaryl/α,β-unsaturated/α-hetero) is 1. The topological polar surface area (TPSA) is 74.2 Å². The van der Waals surface area contributed by atoms with Crippen LogP contribution >= 0.6 is 0 Å². The molecule has 2 aromatic carbocycles. The van der Waals surface area contributed by atoms with E-state index < -0.39 is 11.9 Å². The number of ketones is 1. The third kappa shape index (κ3) is 3.44. The van der Waals surface area contributed by atoms with E-state index in [0.29, 0.717) is 34.1 Å². The van der Waals surface area contributed by atoms with Crippen molar-refractivity contribution < 1.29 is 28.8 Å². The Morgan fingerprint density at radius 2 is 1.29 bits per heavy atom. The first-order valence-electron chi connectivity index (χ1n) is 7.22. The zero-order valence-corrected chi connectivity index (χ0v) is 14.0. The van der Waals surface area contributed by atoms with Crippen molar-refractivity contribution in [3.8, 4) is 23.0 Å². The van der Waals surface area contributed by atoms with Gasteiger partial charge in [-0.15, -0.1) is 0 Å². The van der Waals surface area contributed by atoms with E-state index in [-0.39, 0.29) is 0 Å². The number of benzene rings is 2. The molecule has 0 aliphatic rings. The normalized spacial score (nSPS) is 11.5. The number of aliphatic hydroxyl groups is 1. The SMILES string of the molecule is COc1ccc(C(=O)C(O)c2ccc(OC)c(OC)c2)cc1OC. The molecule has 24 heavy (non-hydrogen) atoms. The Kier molecular flexibility index (Phi) is 5.65. The number of carbonyl (C=O) groups is 1. The van der Waals surface area contributed by atoms with Gasteiger partial charge in [-0.05, 0) is 35.9 Å². The van der Waals surface area contributed by atoms with Gasteiger partial charge in [-0.3, -0.25) is 4.79 Å². The molecule has 6 nitrogen and oxygen atoms in total. The van der Waals surface area contributed by atoms with Gasteiger partial charge in [0.2, 0.25) is 0 Å². The summed E-state index contributed by atoms with van der Waals surface area (Å²) in [4.78, 5) is 12.5. The second-order valence-corrected chi connectivity index (χ2v) is 4.95. The van der Waals surface area contributed by atoms with Gasteiger partial charge in [0.1, 0.15) is 6.10 Å². The van der Waals surface area contributed by atoms with Gasteiger partial charge in [0.15, 0.2) is 28.8 Å². The molecule has 2 aromatic rings. The van der Waals surface area contributed by atoms with Crippen molar-refractivity contribution in [3.05, 3.63) is 47.5 Å². The van der Waals surface area contributed by atoms with Gasteiger partial charge in [0, 0.05) is 5.56 Å². The second kappa shape index (κ2) is 7.70. The summed E-state index contributed by atoms with van der Waals surface area (Å²) in [5.41, 5.74) is 0.724. The maximum Gasteiger partial charge on any atom is 0.195 e. The number of hydrogen-bond acceptors (Lipinski definition) is 6. The quantitative estimate of drug-likeness (QED) is 0.786. The number of methoxy groups -OCH3 is 4. The lowest BCUT2D eigenvalue weighted by molar-refractivity contribution is 0.0746. The van der Waals surface area contributed by atoms with Crippen LogP contribution in [0, 0.1) is 0 Å². The summed E-state index contributed by atoms with van der Waals surface area (Å²) in [6.45, 7) is 0. The molecule has 1 N–H and O–H groups in total. The number of carbonyl (C=O) groups excluding carboxylic acids is 1. The monoisotopic (exact) mass is 332 g/mol. The number of rotatable bonds is 7. The maximum atomic E-state index is 12.5. The molecule has 1 atom stereocenters. The Morgan fingerprint density at radius 1 is 0.792 bits per heavy atom. The van der Waals surface area contributed by atoms with Crippen LogP contribution in [0.5, 0.6) is 23.0 Å². The predicted octanol–water partition coefficient (Wildman–Crippen LogP) is 2.64. The first-order valence-corrected chi connectivity index (χ1v) is 7.22. The fraction of sp³-hybridized carbons (Fsp3) is 0.278. The van der Waals surface area contributed by atoms with Crippen LogP contribution < -0.4 is 18.9 Å². The van der Waals surface area contributed by atoms with E-state index in [1.54, 1.807) is 30.3 Å². The van der Waals surface area contributed by atoms with Gasteiger partial charge in [-0.1, -0.05) is 6.07 Å². The minimum Gasteiger partial charge on any atom is -0.493 e. The fourth-order valence-electron chi connectivity index (χ4n) is 2.32. The second-order valence-electron chi connectivity index (χ2n) is 4.95. The smallest absolute Gasteiger partial charge is 0.195 e. The van der Waals surface area contributed by atoms with Crippen LogP contribution in [-0.2, 0) is 0 Å². The van der Waals surface area contributed by atoms with Gasteiger partial charge < -0.3 is 24.1 Å². The Labute approximate surface area is 140 Å². The number of aliphatic hydroxyl groups excluding tert-OH is 1. The zero-order chi connectivity index (χ0) is 17.7. The van der Waals surface area contributed by atoms with E-state index in [1.807, 2.05) is 0 Å². The molecular formula is C18H20O6. The average molecular weight is 332 g/mol. The van der Waals surface area contributed by atoms with Crippen molar-refractivity contribution in [2.75, 3.05) is 28.4 Å². The summed E-state index contributed by atoms with van der Waals surface area (Å²) >= 11 is 0. The summed E-state index contributed by atoms with van der Waals surface area (Å²) in [6, 6.07) is 9.55. The summed E-state index contributed by atoms with van der Waals surface area (Å²) in [5.74, 6) is 1.43. The van der Waals surface area contributed by atoms with Crippen LogP contribution in [0.15, 0.2) is 36.4 Å². The minimum atomic E-state index is -1.33. The Hall–Kier alpha value is -2.73. The minimum absolute atomic E-state index is 0.315. The molecule has 0 aliphatic carbocycles. The van der Waals surface area contributed by atoms with Crippen molar-refractivity contribution in [1.82, 2.24) is 0 Å². The summed E-state index contributed by atoms with van der Waals surface area (Å²) in [6.07, 6.45) is -1.33. The standard InChI is InChI=1S/C18H20O6/c1-21-13-7-5-11(9-15(13)23-3)17(19)18(20)12-6-8-14(22-2)16(10-12)24-4/h5-10,17,19H,1-4H3. The van der Waals surface area contributed by atoms with Crippen LogP contribution in [0.3, 0.4) is 0 Å². The highest BCUT2D eigenvalue weighted by molar-refractivity contribution is 6.00. The molecule has 0 heterocycles. The van der Waals surface area contributed by atoms with Gasteiger partial charge in [-0.2, -0.15) is 0 Å². The predicted molar refractivity (Wildman–Crippen MR) is 88.4 cm³/mol. The van der Waals surface area contributed by atoms with E-state index in [2.05, 4.69) is 0 Å². The first kappa shape index (κ1) is 17.6. The van der Waals surface area contributed by atoms with Crippen molar-refractivity contribution in [2.45, 2.75) is 6.10 Å². The van der Waals surface area contributed by atoms with Crippen LogP contribution in [0.2, 0.25) is 0 Å². The molecule has 0 spiro atoms. The molecule has 1 unspecified atom stereocenters. The van der Waals surface area contributed by atoms with Gasteiger partial charge in [0.25, 0.3) is 0 Å². The van der Waals surface area contributed by atoms with Gasteiger partial charge in [0.05, 0.1) is 28.4 Å². The largest absolute Gasteiger partial charge is 0.493 e. The highest BCUT2D eigenvalue weighted by Gasteiger charge is 2.22. The van der Waals surface area contributed by atoms with Crippen molar-refractivity contribution in [2.24, 2.45) is 0 Å². The third-order valence-corrected chi connectivity index (χ3v) is 3.64. The van der Waals surface area contributed by atoms with Gasteiger partial charge in [-0.25, -0.2) is 0 Å². The lowest BCUT2D eigenvalue weighted by atomic mass is 9.99. The molecule has 0 fully saturated rings. The van der Waals surface area contributed by atoms with Crippen molar-refractivity contribution in [1.29, 1.82) is 0 Å². The van der Waals surface area contributed by atoms with Gasteiger partial charge >= 0.3 is 0 Å². The third-order valence-electron chi connectivity index (χ3n) is 3.64. The molecule has 0 amide bonds. The first-order chi connectivity index (χ1) is 11.5. The Balaban J connectivity index is 2.32. The highest BCUT2D eigenvalue weighted by Crippen LogP contribution is 2.33. The summed E-state index contributed by atoms with van der Waals surface area (Å²) in [7, 11) is 6.00. The maximum absolute atomic E-state index is 12.5. The number of hydrogen-bond donors (Lipinski definition) is 1. The molecule has 6 heteroatoms. The van der Waals surface area contributed by atoms with E-state index in [9.17, 15) is 9.90 Å². The molecule has 0 bridgehead atoms. The summed E-state index contributed by atoms with van der Waals surface area (Å²) < 4.78 is 20.7. The van der Waals surface area contributed by atoms with Crippen LogP contribution in [0.4, 0.5) is 0 Å². The fourth-order valence-corrected chi connectivity index (χ4v) is 2.32. The van der Waals surface area contributed by atoms with Crippen LogP contribution in [-0.4, -0.2) is 39.3 Å². The van der Waals surface area contributed by atoms with Crippen LogP contribution in [0.1, 0.15) is 22.0 Å². The molecule has 0 aromatic heterocycles. The lowest BCUT2D eigenvalue weighted by Gasteiger charge is -2.14. The lowest BCUT2D eigenvalue weighted by Crippen LogP contribution is -2.13. The summed E-state index contributed by atoms with van der Waals surface area (Å²) in [5, 5.41) is 10.4. The highest BCUT2D eigenvalue weighted by atomic mass is 16.5. The molecule has 0 saturated carbocycles. The van der Waals surface area contributed by atoms with Crippen molar-refractivity contribution in [3.63, 3.8) is 0 Å². The molecule has 2 rings (SSSR count). The average Bonchev–Trinajstić information content (AvgIpc) is 2.65. The van der Waals surface area contributed by atoms with E-state index in [0.717, 1.165) is 0 Å². The molecule has 0 aliphatic heterocycles. The van der Waals surface area contributed by atoms with E-state index in [4.69, 9.17) is 18.9 Å². The Bertz CT molecular complexity index is 725. The van der Waals surface area contributed by atoms with Crippen LogP contribution in [0.25, 0.3) is 0 Å². The molecule has 128 valence electrons.